The molecule has 4 rings (SSSR count). The molecule has 0 atom stereocenters. The molecule has 0 saturated carbocycles. The number of aryl methyl sites for hydroxylation is 2. The van der Waals surface area contributed by atoms with Gasteiger partial charge in [0.15, 0.2) is 6.61 Å². The Morgan fingerprint density at radius 3 is 2.43 bits per heavy atom. The van der Waals surface area contributed by atoms with Gasteiger partial charge in [0.05, 0.1) is 22.6 Å². The van der Waals surface area contributed by atoms with Gasteiger partial charge < -0.3 is 9.84 Å². The zero-order valence-corrected chi connectivity index (χ0v) is 21.2. The third-order valence-electron chi connectivity index (χ3n) is 5.28. The van der Waals surface area contributed by atoms with Crippen LogP contribution in [0.15, 0.2) is 83.1 Å². The molecule has 0 aliphatic rings. The van der Waals surface area contributed by atoms with Crippen LogP contribution in [0.4, 0.5) is 0 Å². The Kier molecular flexibility index (Phi) is 8.32. The molecule has 9 nitrogen and oxygen atoms in total. The van der Waals surface area contributed by atoms with Crippen LogP contribution in [0.25, 0.3) is 17.1 Å². The molecule has 0 bridgehead atoms. The fourth-order valence-electron chi connectivity index (χ4n) is 3.43. The number of nitrogens with one attached hydrogen (secondary N) is 2. The SMILES string of the molecule is Cc1ccc(-c2[nH]nc(SCC(=O)NN=Cc3ccccc3OCC(=O)O)[n+]2-c2ccc(C)cc2)cc1. The number of rotatable bonds is 10. The van der Waals surface area contributed by atoms with E-state index in [1.807, 2.05) is 66.9 Å². The molecule has 3 N–H and O–H groups in total. The van der Waals surface area contributed by atoms with E-state index in [0.29, 0.717) is 16.5 Å². The standard InChI is InChI=1S/C27H25N5O4S/c1-18-7-11-20(12-8-18)26-30-31-27(32(26)22-13-9-19(2)10-14-22)37-17-24(33)29-28-15-21-5-3-4-6-23(21)36-16-25(34)35/h3-15H,16-17H2,1-2H3,(H2,29,33,34,35)/p+1. The van der Waals surface area contributed by atoms with E-state index in [9.17, 15) is 9.59 Å². The number of aromatic nitrogens is 3. The first-order chi connectivity index (χ1) is 17.9. The third kappa shape index (κ3) is 6.83. The van der Waals surface area contributed by atoms with Crippen LogP contribution in [0.2, 0.25) is 0 Å². The first-order valence-electron chi connectivity index (χ1n) is 11.4. The van der Waals surface area contributed by atoms with Crippen LogP contribution in [-0.4, -0.2) is 45.8 Å². The van der Waals surface area contributed by atoms with Crippen molar-refractivity contribution in [3.8, 4) is 22.8 Å². The van der Waals surface area contributed by atoms with E-state index in [2.05, 4.69) is 20.7 Å². The number of carboxylic acid groups (broad SMARTS) is 1. The number of nitrogens with zero attached hydrogens (tertiary/aromatic N) is 3. The van der Waals surface area contributed by atoms with Crippen molar-refractivity contribution in [2.24, 2.45) is 5.10 Å². The molecule has 4 aromatic rings. The maximum Gasteiger partial charge on any atom is 0.342 e. The molecule has 0 unspecified atom stereocenters. The number of amides is 1. The fraction of sp³-hybridized carbons (Fsp3) is 0.148. The van der Waals surface area contributed by atoms with Crippen LogP contribution in [0.1, 0.15) is 16.7 Å². The van der Waals surface area contributed by atoms with Crippen molar-refractivity contribution in [3.63, 3.8) is 0 Å². The summed E-state index contributed by atoms with van der Waals surface area (Å²) in [5.74, 6) is -0.151. The van der Waals surface area contributed by atoms with Gasteiger partial charge in [-0.3, -0.25) is 4.79 Å². The van der Waals surface area contributed by atoms with Gasteiger partial charge in [0, 0.05) is 5.56 Å². The minimum absolute atomic E-state index is 0.0819. The number of hydrogen-bond acceptors (Lipinski definition) is 6. The summed E-state index contributed by atoms with van der Waals surface area (Å²) >= 11 is 1.28. The monoisotopic (exact) mass is 516 g/mol. The summed E-state index contributed by atoms with van der Waals surface area (Å²) in [6, 6.07) is 23.1. The van der Waals surface area contributed by atoms with E-state index < -0.39 is 12.6 Å². The first-order valence-corrected chi connectivity index (χ1v) is 12.4. The number of aliphatic carboxylic acids is 1. The molecular weight excluding hydrogens is 490 g/mol. The van der Waals surface area contributed by atoms with E-state index >= 15 is 0 Å². The number of hydrazone groups is 1. The number of H-pyrrole nitrogens is 1. The molecule has 10 heteroatoms. The molecule has 0 fully saturated rings. The molecule has 1 aromatic heterocycles. The minimum Gasteiger partial charge on any atom is -0.481 e. The van der Waals surface area contributed by atoms with Crippen molar-refractivity contribution in [1.29, 1.82) is 0 Å². The second-order valence-electron chi connectivity index (χ2n) is 8.19. The van der Waals surface area contributed by atoms with Gasteiger partial charge in [0.1, 0.15) is 11.4 Å². The Bertz CT molecular complexity index is 1420. The average molecular weight is 517 g/mol. The second kappa shape index (κ2) is 12.0. The summed E-state index contributed by atoms with van der Waals surface area (Å²) in [5.41, 5.74) is 7.25. The van der Waals surface area contributed by atoms with E-state index in [0.717, 1.165) is 28.2 Å². The molecule has 0 saturated heterocycles. The molecule has 1 amide bonds. The average Bonchev–Trinajstić information content (AvgIpc) is 3.31. The van der Waals surface area contributed by atoms with E-state index in [4.69, 9.17) is 9.84 Å². The Labute approximate surface area is 218 Å². The molecule has 37 heavy (non-hydrogen) atoms. The van der Waals surface area contributed by atoms with Crippen LogP contribution in [-0.2, 0) is 9.59 Å². The van der Waals surface area contributed by atoms with E-state index in [1.54, 1.807) is 24.3 Å². The maximum absolute atomic E-state index is 12.5. The van der Waals surface area contributed by atoms with Crippen molar-refractivity contribution in [2.45, 2.75) is 19.0 Å². The van der Waals surface area contributed by atoms with Crippen LogP contribution in [0.5, 0.6) is 5.75 Å². The Morgan fingerprint density at radius 2 is 1.73 bits per heavy atom. The summed E-state index contributed by atoms with van der Waals surface area (Å²) in [4.78, 5) is 23.3. The Balaban J connectivity index is 1.47. The number of aromatic amines is 1. The van der Waals surface area contributed by atoms with Crippen molar-refractivity contribution >= 4 is 29.9 Å². The van der Waals surface area contributed by atoms with Gasteiger partial charge in [-0.2, -0.15) is 9.67 Å². The van der Waals surface area contributed by atoms with Crippen molar-refractivity contribution in [2.75, 3.05) is 12.4 Å². The Hall–Kier alpha value is -4.44. The number of thioether (sulfide) groups is 1. The van der Waals surface area contributed by atoms with Gasteiger partial charge in [0.25, 0.3) is 11.7 Å². The zero-order chi connectivity index (χ0) is 26.2. The number of carboxylic acids is 1. The predicted molar refractivity (Wildman–Crippen MR) is 141 cm³/mol. The molecule has 0 aliphatic carbocycles. The molecule has 0 aliphatic heterocycles. The van der Waals surface area contributed by atoms with Gasteiger partial charge in [-0.05, 0) is 62.0 Å². The predicted octanol–water partition coefficient (Wildman–Crippen LogP) is 3.68. The lowest BCUT2D eigenvalue weighted by Crippen LogP contribution is -2.34. The minimum atomic E-state index is -1.08. The number of ether oxygens (including phenoxy) is 1. The topological polar surface area (TPSA) is 121 Å². The highest BCUT2D eigenvalue weighted by Crippen LogP contribution is 2.21. The zero-order valence-electron chi connectivity index (χ0n) is 20.3. The molecule has 0 radical (unpaired) electrons. The normalized spacial score (nSPS) is 11.0. The number of hydrogen-bond donors (Lipinski definition) is 3. The third-order valence-corrected chi connectivity index (χ3v) is 6.22. The van der Waals surface area contributed by atoms with Crippen LogP contribution in [0.3, 0.4) is 0 Å². The number of benzene rings is 3. The number of carbonyl (C=O) groups is 2. The fourth-order valence-corrected chi connectivity index (χ4v) is 4.19. The van der Waals surface area contributed by atoms with Crippen LogP contribution < -0.4 is 14.7 Å². The summed E-state index contributed by atoms with van der Waals surface area (Å²) in [6.45, 7) is 3.60. The Morgan fingerprint density at radius 1 is 1.05 bits per heavy atom. The van der Waals surface area contributed by atoms with Gasteiger partial charge in [-0.15, -0.1) is 5.10 Å². The largest absolute Gasteiger partial charge is 0.481 e. The number of para-hydroxylation sites is 1. The maximum atomic E-state index is 12.5. The van der Waals surface area contributed by atoms with Crippen molar-refractivity contribution in [3.05, 3.63) is 89.5 Å². The molecule has 3 aromatic carbocycles. The van der Waals surface area contributed by atoms with Gasteiger partial charge in [-0.1, -0.05) is 47.5 Å². The smallest absolute Gasteiger partial charge is 0.342 e. The van der Waals surface area contributed by atoms with Crippen LogP contribution in [0, 0.1) is 13.8 Å². The lowest BCUT2D eigenvalue weighted by Gasteiger charge is -2.06. The van der Waals surface area contributed by atoms with E-state index in [-0.39, 0.29) is 11.7 Å². The molecule has 188 valence electrons. The second-order valence-corrected chi connectivity index (χ2v) is 9.14. The highest BCUT2D eigenvalue weighted by molar-refractivity contribution is 7.99. The summed E-state index contributed by atoms with van der Waals surface area (Å²) < 4.78 is 7.23. The molecule has 1 heterocycles. The highest BCUT2D eigenvalue weighted by Gasteiger charge is 2.24. The summed E-state index contributed by atoms with van der Waals surface area (Å²) in [5, 5.41) is 21.0. The number of carbonyl (C=O) groups excluding carboxylic acids is 1. The highest BCUT2D eigenvalue weighted by atomic mass is 32.2. The van der Waals surface area contributed by atoms with E-state index in [1.165, 1.54) is 18.0 Å². The lowest BCUT2D eigenvalue weighted by molar-refractivity contribution is -0.625. The van der Waals surface area contributed by atoms with Gasteiger partial charge >= 0.3 is 11.1 Å². The van der Waals surface area contributed by atoms with Crippen LogP contribution >= 0.6 is 11.8 Å². The molecular formula is C27H26N5O4S+. The first kappa shape index (κ1) is 25.6. The van der Waals surface area contributed by atoms with Crippen molar-refractivity contribution in [1.82, 2.24) is 15.6 Å². The van der Waals surface area contributed by atoms with Crippen molar-refractivity contribution < 1.29 is 24.0 Å². The van der Waals surface area contributed by atoms with Gasteiger partial charge in [0.2, 0.25) is 0 Å². The lowest BCUT2D eigenvalue weighted by atomic mass is 10.1. The summed E-state index contributed by atoms with van der Waals surface area (Å²) in [7, 11) is 0. The quantitative estimate of drug-likeness (QED) is 0.128. The molecule has 0 spiro atoms. The van der Waals surface area contributed by atoms with Gasteiger partial charge in [-0.25, -0.2) is 10.2 Å². The summed E-state index contributed by atoms with van der Waals surface area (Å²) in [6.07, 6.45) is 1.41.